The Morgan fingerprint density at radius 3 is 2.59 bits per heavy atom. The van der Waals surface area contributed by atoms with Crippen molar-refractivity contribution in [2.24, 2.45) is 0 Å². The third-order valence-electron chi connectivity index (χ3n) is 2.66. The topological polar surface area (TPSA) is 21.3 Å². The molecule has 0 aliphatic heterocycles. The number of hydrogen-bond acceptors (Lipinski definition) is 2. The average Bonchev–Trinajstić information content (AvgIpc) is 2.37. The van der Waals surface area contributed by atoms with Gasteiger partial charge >= 0.3 is 0 Å². The SMILES string of the molecule is C/C=C/COc1ccc(C(C)NCCC)cc1. The van der Waals surface area contributed by atoms with Gasteiger partial charge < -0.3 is 10.1 Å². The molecule has 1 aromatic carbocycles. The molecule has 0 radical (unpaired) electrons. The molecule has 1 unspecified atom stereocenters. The largest absolute Gasteiger partial charge is 0.490 e. The summed E-state index contributed by atoms with van der Waals surface area (Å²) >= 11 is 0. The van der Waals surface area contributed by atoms with Crippen LogP contribution in [0, 0.1) is 0 Å². The van der Waals surface area contributed by atoms with Crippen LogP contribution < -0.4 is 10.1 Å². The summed E-state index contributed by atoms with van der Waals surface area (Å²) in [5.74, 6) is 0.926. The van der Waals surface area contributed by atoms with Gasteiger partial charge in [0.1, 0.15) is 12.4 Å². The second-order valence-electron chi connectivity index (χ2n) is 4.12. The molecule has 2 heteroatoms. The first kappa shape index (κ1) is 13.8. The van der Waals surface area contributed by atoms with E-state index in [9.17, 15) is 0 Å². The van der Waals surface area contributed by atoms with E-state index in [0.717, 1.165) is 18.7 Å². The molecule has 0 fully saturated rings. The van der Waals surface area contributed by atoms with E-state index in [0.29, 0.717) is 12.6 Å². The quantitative estimate of drug-likeness (QED) is 0.725. The first-order chi connectivity index (χ1) is 8.27. The van der Waals surface area contributed by atoms with Crippen LogP contribution in [0.2, 0.25) is 0 Å². The summed E-state index contributed by atoms with van der Waals surface area (Å²) in [6.45, 7) is 8.05. The molecule has 0 saturated carbocycles. The molecule has 94 valence electrons. The highest BCUT2D eigenvalue weighted by molar-refractivity contribution is 5.29. The van der Waals surface area contributed by atoms with E-state index in [-0.39, 0.29) is 0 Å². The smallest absolute Gasteiger partial charge is 0.119 e. The van der Waals surface area contributed by atoms with Crippen LogP contribution in [0.3, 0.4) is 0 Å². The number of benzene rings is 1. The van der Waals surface area contributed by atoms with Gasteiger partial charge in [-0.05, 0) is 44.5 Å². The molecule has 1 rings (SSSR count). The Balaban J connectivity index is 2.48. The predicted octanol–water partition coefficient (Wildman–Crippen LogP) is 3.70. The third-order valence-corrected chi connectivity index (χ3v) is 2.66. The molecule has 0 heterocycles. The summed E-state index contributed by atoms with van der Waals surface area (Å²) in [6.07, 6.45) is 5.15. The van der Waals surface area contributed by atoms with Crippen LogP contribution in [0.15, 0.2) is 36.4 Å². The molecule has 0 saturated heterocycles. The zero-order valence-electron chi connectivity index (χ0n) is 11.1. The van der Waals surface area contributed by atoms with Crippen molar-refractivity contribution in [2.75, 3.05) is 13.2 Å². The van der Waals surface area contributed by atoms with Gasteiger partial charge in [0.05, 0.1) is 0 Å². The minimum atomic E-state index is 0.402. The van der Waals surface area contributed by atoms with Gasteiger partial charge in [-0.1, -0.05) is 31.2 Å². The molecule has 2 nitrogen and oxygen atoms in total. The van der Waals surface area contributed by atoms with Crippen LogP contribution in [-0.2, 0) is 0 Å². The fourth-order valence-electron chi connectivity index (χ4n) is 1.57. The van der Waals surface area contributed by atoms with Crippen LogP contribution >= 0.6 is 0 Å². The van der Waals surface area contributed by atoms with Crippen LogP contribution in [0.5, 0.6) is 5.75 Å². The van der Waals surface area contributed by atoms with Crippen molar-refractivity contribution in [1.29, 1.82) is 0 Å². The van der Waals surface area contributed by atoms with Gasteiger partial charge in [0.2, 0.25) is 0 Å². The van der Waals surface area contributed by atoms with E-state index >= 15 is 0 Å². The zero-order chi connectivity index (χ0) is 12.5. The van der Waals surface area contributed by atoms with E-state index in [4.69, 9.17) is 4.74 Å². The minimum absolute atomic E-state index is 0.402. The first-order valence-corrected chi connectivity index (χ1v) is 6.35. The highest BCUT2D eigenvalue weighted by Gasteiger charge is 2.03. The summed E-state index contributed by atoms with van der Waals surface area (Å²) < 4.78 is 5.56. The van der Waals surface area contributed by atoms with Crippen LogP contribution in [0.4, 0.5) is 0 Å². The molecule has 0 aliphatic carbocycles. The van der Waals surface area contributed by atoms with Crippen LogP contribution in [0.25, 0.3) is 0 Å². The number of allylic oxidation sites excluding steroid dienone is 1. The van der Waals surface area contributed by atoms with Crippen molar-refractivity contribution < 1.29 is 4.74 Å². The average molecular weight is 233 g/mol. The second kappa shape index (κ2) is 7.91. The molecule has 1 aromatic rings. The number of nitrogens with one attached hydrogen (secondary N) is 1. The number of hydrogen-bond donors (Lipinski definition) is 1. The van der Waals surface area contributed by atoms with Gasteiger partial charge in [0, 0.05) is 6.04 Å². The lowest BCUT2D eigenvalue weighted by Gasteiger charge is -2.14. The van der Waals surface area contributed by atoms with Crippen molar-refractivity contribution in [3.8, 4) is 5.75 Å². The summed E-state index contributed by atoms with van der Waals surface area (Å²) in [5, 5.41) is 3.47. The Bertz CT molecular complexity index is 329. The standard InChI is InChI=1S/C15H23NO/c1-4-6-12-17-15-9-7-14(8-10-15)13(3)16-11-5-2/h4,6-10,13,16H,5,11-12H2,1-3H3/b6-4+. The molecule has 0 bridgehead atoms. The lowest BCUT2D eigenvalue weighted by molar-refractivity contribution is 0.362. The van der Waals surface area contributed by atoms with Gasteiger partial charge in [0.15, 0.2) is 0 Å². The normalized spacial score (nSPS) is 12.9. The van der Waals surface area contributed by atoms with E-state index in [1.54, 1.807) is 0 Å². The summed E-state index contributed by atoms with van der Waals surface area (Å²) in [7, 11) is 0. The molecule has 17 heavy (non-hydrogen) atoms. The maximum Gasteiger partial charge on any atom is 0.119 e. The summed E-state index contributed by atoms with van der Waals surface area (Å²) in [5.41, 5.74) is 1.30. The maximum atomic E-state index is 5.56. The van der Waals surface area contributed by atoms with Gasteiger partial charge in [-0.2, -0.15) is 0 Å². The van der Waals surface area contributed by atoms with Crippen LogP contribution in [0.1, 0.15) is 38.8 Å². The highest BCUT2D eigenvalue weighted by Crippen LogP contribution is 2.17. The van der Waals surface area contributed by atoms with Crippen molar-refractivity contribution in [2.45, 2.75) is 33.2 Å². The van der Waals surface area contributed by atoms with E-state index in [1.165, 1.54) is 5.56 Å². The fourth-order valence-corrected chi connectivity index (χ4v) is 1.57. The molecule has 1 N–H and O–H groups in total. The third kappa shape index (κ3) is 5.05. The molecule has 0 aliphatic rings. The Morgan fingerprint density at radius 2 is 2.00 bits per heavy atom. The lowest BCUT2D eigenvalue weighted by Crippen LogP contribution is -2.19. The minimum Gasteiger partial charge on any atom is -0.490 e. The summed E-state index contributed by atoms with van der Waals surface area (Å²) in [6, 6.07) is 8.71. The predicted molar refractivity (Wildman–Crippen MR) is 73.5 cm³/mol. The highest BCUT2D eigenvalue weighted by atomic mass is 16.5. The van der Waals surface area contributed by atoms with Gasteiger partial charge in [-0.3, -0.25) is 0 Å². The fraction of sp³-hybridized carbons (Fsp3) is 0.467. The first-order valence-electron chi connectivity index (χ1n) is 6.35. The Hall–Kier alpha value is -1.28. The van der Waals surface area contributed by atoms with Gasteiger partial charge in [0.25, 0.3) is 0 Å². The lowest BCUT2D eigenvalue weighted by atomic mass is 10.1. The van der Waals surface area contributed by atoms with Gasteiger partial charge in [-0.15, -0.1) is 0 Å². The Kier molecular flexibility index (Phi) is 6.41. The van der Waals surface area contributed by atoms with E-state index in [1.807, 2.05) is 31.2 Å². The van der Waals surface area contributed by atoms with Crippen molar-refractivity contribution in [1.82, 2.24) is 5.32 Å². The van der Waals surface area contributed by atoms with Crippen molar-refractivity contribution in [3.63, 3.8) is 0 Å². The summed E-state index contributed by atoms with van der Waals surface area (Å²) in [4.78, 5) is 0. The molecule has 0 amide bonds. The molecule has 0 aromatic heterocycles. The zero-order valence-corrected chi connectivity index (χ0v) is 11.1. The Morgan fingerprint density at radius 1 is 1.29 bits per heavy atom. The van der Waals surface area contributed by atoms with Crippen LogP contribution in [-0.4, -0.2) is 13.2 Å². The molecular formula is C15H23NO. The monoisotopic (exact) mass is 233 g/mol. The maximum absolute atomic E-state index is 5.56. The Labute approximate surface area is 105 Å². The molecule has 0 spiro atoms. The second-order valence-corrected chi connectivity index (χ2v) is 4.12. The van der Waals surface area contributed by atoms with E-state index in [2.05, 4.69) is 31.3 Å². The number of ether oxygens (including phenoxy) is 1. The molecule has 1 atom stereocenters. The molecular weight excluding hydrogens is 210 g/mol. The van der Waals surface area contributed by atoms with Crippen molar-refractivity contribution >= 4 is 0 Å². The van der Waals surface area contributed by atoms with Gasteiger partial charge in [-0.25, -0.2) is 0 Å². The van der Waals surface area contributed by atoms with E-state index < -0.39 is 0 Å². The number of rotatable bonds is 7. The van der Waals surface area contributed by atoms with Crippen molar-refractivity contribution in [3.05, 3.63) is 42.0 Å².